The van der Waals surface area contributed by atoms with Crippen LogP contribution in [0.15, 0.2) is 77.2 Å². The smallest absolute Gasteiger partial charge is 0.276 e. The summed E-state index contributed by atoms with van der Waals surface area (Å²) in [5, 5.41) is 11.5. The number of carbonyl (C=O) groups is 1. The van der Waals surface area contributed by atoms with E-state index in [-0.39, 0.29) is 28.5 Å². The van der Waals surface area contributed by atoms with Gasteiger partial charge in [0.05, 0.1) is 22.7 Å². The predicted molar refractivity (Wildman–Crippen MR) is 117 cm³/mol. The van der Waals surface area contributed by atoms with E-state index in [4.69, 9.17) is 9.15 Å². The van der Waals surface area contributed by atoms with Crippen molar-refractivity contribution in [3.8, 4) is 5.75 Å². The van der Waals surface area contributed by atoms with Gasteiger partial charge in [0.2, 0.25) is 5.89 Å². The minimum absolute atomic E-state index is 0.0956. The van der Waals surface area contributed by atoms with Crippen LogP contribution in [0.2, 0.25) is 0 Å². The molecule has 7 nitrogen and oxygen atoms in total. The largest absolute Gasteiger partial charge is 0.494 e. The number of allylic oxidation sites excluding steroid dienone is 1. The second-order valence-electron chi connectivity index (χ2n) is 6.65. The Hall–Kier alpha value is -4.26. The number of nitrogens with zero attached hydrogens (tertiary/aromatic N) is 2. The van der Waals surface area contributed by atoms with E-state index < -0.39 is 4.92 Å². The maximum Gasteiger partial charge on any atom is 0.276 e. The molecule has 0 aliphatic carbocycles. The summed E-state index contributed by atoms with van der Waals surface area (Å²) in [5.41, 5.74) is 1.78. The zero-order valence-electron chi connectivity index (χ0n) is 16.6. The lowest BCUT2D eigenvalue weighted by Gasteiger charge is -2.06. The first-order valence-corrected chi connectivity index (χ1v) is 9.65. The lowest BCUT2D eigenvalue weighted by molar-refractivity contribution is -0.385. The highest BCUT2D eigenvalue weighted by molar-refractivity contribution is 6.31. The number of para-hydroxylation sites is 3. The van der Waals surface area contributed by atoms with Crippen LogP contribution < -0.4 is 4.74 Å². The van der Waals surface area contributed by atoms with Crippen LogP contribution in [-0.2, 0) is 0 Å². The molecule has 0 fully saturated rings. The topological polar surface area (TPSA) is 95.5 Å². The zero-order chi connectivity index (χ0) is 21.8. The number of hydrogen-bond acceptors (Lipinski definition) is 6. The lowest BCUT2D eigenvalue weighted by Crippen LogP contribution is -2.04. The van der Waals surface area contributed by atoms with Gasteiger partial charge in [0, 0.05) is 11.6 Å². The van der Waals surface area contributed by atoms with E-state index in [1.54, 1.807) is 60.7 Å². The normalized spacial score (nSPS) is 11.5. The summed E-state index contributed by atoms with van der Waals surface area (Å²) in [5.74, 6) is 0.371. The van der Waals surface area contributed by atoms with Gasteiger partial charge in [0.25, 0.3) is 5.69 Å². The lowest BCUT2D eigenvalue weighted by atomic mass is 10.00. The second-order valence-corrected chi connectivity index (χ2v) is 6.65. The zero-order valence-corrected chi connectivity index (χ0v) is 16.6. The highest BCUT2D eigenvalue weighted by Crippen LogP contribution is 2.29. The molecule has 0 unspecified atom stereocenters. The number of benzene rings is 3. The number of rotatable bonds is 7. The van der Waals surface area contributed by atoms with Crippen molar-refractivity contribution in [1.82, 2.24) is 4.98 Å². The van der Waals surface area contributed by atoms with Crippen molar-refractivity contribution in [2.45, 2.75) is 6.92 Å². The van der Waals surface area contributed by atoms with Gasteiger partial charge in [0.15, 0.2) is 11.4 Å². The van der Waals surface area contributed by atoms with E-state index >= 15 is 0 Å². The Kier molecular flexibility index (Phi) is 5.57. The van der Waals surface area contributed by atoms with Crippen LogP contribution in [0.25, 0.3) is 22.7 Å². The maximum atomic E-state index is 13.4. The standard InChI is InChI=1S/C24H18N2O5/c1-2-30-18-13-11-16(12-14-18)23(27)19(15-17-7-3-5-9-21(17)26(28)29)24-25-20-8-4-6-10-22(20)31-24/h3-15H,2H2,1H3/b19-15-. The highest BCUT2D eigenvalue weighted by atomic mass is 16.6. The Morgan fingerprint density at radius 3 is 2.48 bits per heavy atom. The number of nitro groups is 1. The molecular weight excluding hydrogens is 396 g/mol. The quantitative estimate of drug-likeness (QED) is 0.170. The summed E-state index contributed by atoms with van der Waals surface area (Å²) in [4.78, 5) is 28.8. The monoisotopic (exact) mass is 414 g/mol. The Balaban J connectivity index is 1.85. The van der Waals surface area contributed by atoms with Gasteiger partial charge in [-0.05, 0) is 55.5 Å². The highest BCUT2D eigenvalue weighted by Gasteiger charge is 2.22. The summed E-state index contributed by atoms with van der Waals surface area (Å²) >= 11 is 0. The van der Waals surface area contributed by atoms with Crippen molar-refractivity contribution < 1.29 is 18.9 Å². The molecule has 0 radical (unpaired) electrons. The number of ether oxygens (including phenoxy) is 1. The molecule has 0 aliphatic rings. The molecule has 0 saturated heterocycles. The molecule has 0 bridgehead atoms. The van der Waals surface area contributed by atoms with Crippen LogP contribution in [0.5, 0.6) is 5.75 Å². The van der Waals surface area contributed by atoms with Gasteiger partial charge in [-0.1, -0.05) is 24.3 Å². The van der Waals surface area contributed by atoms with Gasteiger partial charge in [-0.15, -0.1) is 0 Å². The fraction of sp³-hybridized carbons (Fsp3) is 0.0833. The van der Waals surface area contributed by atoms with Crippen molar-refractivity contribution in [2.24, 2.45) is 0 Å². The molecule has 0 amide bonds. The van der Waals surface area contributed by atoms with Crippen LogP contribution in [0, 0.1) is 10.1 Å². The van der Waals surface area contributed by atoms with Gasteiger partial charge in [-0.25, -0.2) is 4.98 Å². The average molecular weight is 414 g/mol. The van der Waals surface area contributed by atoms with E-state index in [1.807, 2.05) is 13.0 Å². The van der Waals surface area contributed by atoms with E-state index in [2.05, 4.69) is 4.98 Å². The van der Waals surface area contributed by atoms with Gasteiger partial charge >= 0.3 is 0 Å². The molecule has 0 atom stereocenters. The van der Waals surface area contributed by atoms with Crippen molar-refractivity contribution in [3.63, 3.8) is 0 Å². The first kappa shape index (κ1) is 20.0. The fourth-order valence-corrected chi connectivity index (χ4v) is 3.17. The van der Waals surface area contributed by atoms with Crippen LogP contribution in [0.3, 0.4) is 0 Å². The number of hydrogen-bond donors (Lipinski definition) is 0. The first-order chi connectivity index (χ1) is 15.1. The Bertz CT molecular complexity index is 1260. The van der Waals surface area contributed by atoms with Crippen LogP contribution in [0.1, 0.15) is 28.7 Å². The van der Waals surface area contributed by atoms with Crippen molar-refractivity contribution in [3.05, 3.63) is 99.9 Å². The van der Waals surface area contributed by atoms with E-state index in [0.29, 0.717) is 29.0 Å². The summed E-state index contributed by atoms with van der Waals surface area (Å²) in [6, 6.07) is 20.0. The summed E-state index contributed by atoms with van der Waals surface area (Å²) in [6.07, 6.45) is 1.45. The third-order valence-corrected chi connectivity index (χ3v) is 4.63. The predicted octanol–water partition coefficient (Wildman–Crippen LogP) is 5.56. The summed E-state index contributed by atoms with van der Waals surface area (Å²) in [7, 11) is 0. The number of aromatic nitrogens is 1. The Morgan fingerprint density at radius 2 is 1.77 bits per heavy atom. The Labute approximate surface area is 177 Å². The molecule has 154 valence electrons. The van der Waals surface area contributed by atoms with Gasteiger partial charge in [0.1, 0.15) is 11.3 Å². The molecule has 0 N–H and O–H groups in total. The third-order valence-electron chi connectivity index (χ3n) is 4.63. The number of nitro benzene ring substituents is 1. The van der Waals surface area contributed by atoms with Crippen molar-refractivity contribution >= 4 is 34.2 Å². The molecule has 1 aromatic heterocycles. The number of carbonyl (C=O) groups excluding carboxylic acids is 1. The number of fused-ring (bicyclic) bond motifs is 1. The van der Waals surface area contributed by atoms with Gasteiger partial charge in [-0.3, -0.25) is 14.9 Å². The maximum absolute atomic E-state index is 13.4. The molecule has 1 heterocycles. The molecule has 31 heavy (non-hydrogen) atoms. The first-order valence-electron chi connectivity index (χ1n) is 9.65. The van der Waals surface area contributed by atoms with Crippen molar-refractivity contribution in [1.29, 1.82) is 0 Å². The molecule has 4 aromatic rings. The minimum atomic E-state index is -0.489. The molecule has 4 rings (SSSR count). The molecule has 0 saturated carbocycles. The SMILES string of the molecule is CCOc1ccc(C(=O)/C(=C/c2ccccc2[N+](=O)[O-])c2nc3ccccc3o2)cc1. The van der Waals surface area contributed by atoms with E-state index in [0.717, 1.165) is 0 Å². The molecular formula is C24H18N2O5. The molecule has 3 aromatic carbocycles. The van der Waals surface area contributed by atoms with E-state index in [1.165, 1.54) is 12.1 Å². The summed E-state index contributed by atoms with van der Waals surface area (Å²) < 4.78 is 11.2. The fourth-order valence-electron chi connectivity index (χ4n) is 3.17. The Morgan fingerprint density at radius 1 is 1.06 bits per heavy atom. The van der Waals surface area contributed by atoms with Crippen LogP contribution in [0.4, 0.5) is 5.69 Å². The van der Waals surface area contributed by atoms with Gasteiger partial charge in [-0.2, -0.15) is 0 Å². The summed E-state index contributed by atoms with van der Waals surface area (Å²) in [6.45, 7) is 2.39. The van der Waals surface area contributed by atoms with E-state index in [9.17, 15) is 14.9 Å². The number of oxazole rings is 1. The molecule has 0 aliphatic heterocycles. The van der Waals surface area contributed by atoms with Crippen LogP contribution >= 0.6 is 0 Å². The average Bonchev–Trinajstić information content (AvgIpc) is 3.22. The van der Waals surface area contributed by atoms with Gasteiger partial charge < -0.3 is 9.15 Å². The number of Topliss-reactive ketones (excluding diaryl/α,β-unsaturated/α-hetero) is 1. The molecule has 7 heteroatoms. The third kappa shape index (κ3) is 4.20. The second kappa shape index (κ2) is 8.62. The van der Waals surface area contributed by atoms with Crippen LogP contribution in [-0.4, -0.2) is 22.3 Å². The number of ketones is 1. The minimum Gasteiger partial charge on any atom is -0.494 e. The van der Waals surface area contributed by atoms with Crippen molar-refractivity contribution in [2.75, 3.05) is 6.61 Å². The molecule has 0 spiro atoms.